The zero-order chi connectivity index (χ0) is 14.7. The summed E-state index contributed by atoms with van der Waals surface area (Å²) < 4.78 is 0. The van der Waals surface area contributed by atoms with E-state index in [9.17, 15) is 0 Å². The predicted molar refractivity (Wildman–Crippen MR) is 99.7 cm³/mol. The Morgan fingerprint density at radius 2 is 0.952 bits per heavy atom. The van der Waals surface area contributed by atoms with E-state index in [-0.39, 0.29) is 0 Å². The lowest BCUT2D eigenvalue weighted by Gasteiger charge is -2.22. The number of thiol groups is 2. The predicted octanol–water partition coefficient (Wildman–Crippen LogP) is 4.02. The van der Waals surface area contributed by atoms with E-state index in [1.165, 1.54) is 15.9 Å². The average Bonchev–Trinajstić information content (AvgIpc) is 2.52. The minimum atomic E-state index is -0.640. The van der Waals surface area contributed by atoms with E-state index in [4.69, 9.17) is 0 Å². The van der Waals surface area contributed by atoms with Crippen LogP contribution >= 0.6 is 33.2 Å². The molecular weight excluding hydrogens is 311 g/mol. The van der Waals surface area contributed by atoms with Gasteiger partial charge in [0.2, 0.25) is 0 Å². The molecule has 0 aliphatic carbocycles. The molecule has 3 rings (SSSR count). The van der Waals surface area contributed by atoms with Gasteiger partial charge in [0.15, 0.2) is 0 Å². The molecule has 104 valence electrons. The topological polar surface area (TPSA) is 0 Å². The maximum Gasteiger partial charge on any atom is 0.0124 e. The molecule has 0 saturated carbocycles. The molecule has 0 bridgehead atoms. The largest absolute Gasteiger partial charge is 0.143 e. The molecule has 0 N–H and O–H groups in total. The van der Waals surface area contributed by atoms with Crippen molar-refractivity contribution in [2.45, 2.75) is 9.79 Å². The molecule has 0 fully saturated rings. The van der Waals surface area contributed by atoms with Crippen LogP contribution in [0.1, 0.15) is 0 Å². The highest BCUT2D eigenvalue weighted by Crippen LogP contribution is 2.36. The Hall–Kier alpha value is -1.21. The van der Waals surface area contributed by atoms with E-state index < -0.39 is 7.92 Å². The van der Waals surface area contributed by atoms with Crippen LogP contribution in [0.25, 0.3) is 0 Å². The highest BCUT2D eigenvalue weighted by molar-refractivity contribution is 7.86. The molecule has 0 saturated heterocycles. The molecule has 0 heterocycles. The third kappa shape index (κ3) is 3.18. The van der Waals surface area contributed by atoms with Crippen molar-refractivity contribution in [3.8, 4) is 0 Å². The molecule has 0 amide bonds. The highest BCUT2D eigenvalue weighted by Gasteiger charge is 2.19. The maximum absolute atomic E-state index is 4.66. The fourth-order valence-corrected chi connectivity index (χ4v) is 5.58. The Bertz CT molecular complexity index is 695. The van der Waals surface area contributed by atoms with Crippen molar-refractivity contribution in [3.05, 3.63) is 78.9 Å². The van der Waals surface area contributed by atoms with Crippen LogP contribution in [-0.4, -0.2) is 0 Å². The highest BCUT2D eigenvalue weighted by atomic mass is 32.1. The molecule has 21 heavy (non-hydrogen) atoms. The molecule has 0 atom stereocenters. The van der Waals surface area contributed by atoms with Gasteiger partial charge in [0.25, 0.3) is 0 Å². The molecule has 0 unspecified atom stereocenters. The van der Waals surface area contributed by atoms with Gasteiger partial charge in [-0.2, -0.15) is 0 Å². The molecular formula is C18H15PS2. The number of benzene rings is 3. The van der Waals surface area contributed by atoms with Gasteiger partial charge in [-0.1, -0.05) is 66.7 Å². The zero-order valence-electron chi connectivity index (χ0n) is 11.3. The second-order valence-electron chi connectivity index (χ2n) is 4.65. The van der Waals surface area contributed by atoms with Crippen molar-refractivity contribution in [3.63, 3.8) is 0 Å². The van der Waals surface area contributed by atoms with E-state index in [1.807, 2.05) is 12.1 Å². The lowest BCUT2D eigenvalue weighted by Crippen LogP contribution is -2.22. The molecule has 3 heteroatoms. The SMILES string of the molecule is Sc1ccccc1P(c1ccccc1)c1ccccc1S. The van der Waals surface area contributed by atoms with Gasteiger partial charge in [-0.25, -0.2) is 0 Å². The number of hydrogen-bond donors (Lipinski definition) is 2. The van der Waals surface area contributed by atoms with Crippen LogP contribution in [0.5, 0.6) is 0 Å². The number of hydrogen-bond acceptors (Lipinski definition) is 2. The van der Waals surface area contributed by atoms with Crippen molar-refractivity contribution in [2.75, 3.05) is 0 Å². The lowest BCUT2D eigenvalue weighted by atomic mass is 10.3. The first-order valence-corrected chi connectivity index (χ1v) is 8.92. The summed E-state index contributed by atoms with van der Waals surface area (Å²) >= 11 is 9.33. The second-order valence-corrected chi connectivity index (χ2v) is 7.76. The summed E-state index contributed by atoms with van der Waals surface area (Å²) in [7, 11) is -0.640. The van der Waals surface area contributed by atoms with Gasteiger partial charge in [-0.15, -0.1) is 25.3 Å². The summed E-state index contributed by atoms with van der Waals surface area (Å²) in [6.45, 7) is 0. The quantitative estimate of drug-likeness (QED) is 0.527. The minimum absolute atomic E-state index is 0.640. The van der Waals surface area contributed by atoms with Crippen LogP contribution in [0.3, 0.4) is 0 Å². The van der Waals surface area contributed by atoms with E-state index in [0.29, 0.717) is 0 Å². The average molecular weight is 326 g/mol. The van der Waals surface area contributed by atoms with Gasteiger partial charge < -0.3 is 0 Å². The Morgan fingerprint density at radius 3 is 1.43 bits per heavy atom. The Balaban J connectivity index is 2.22. The third-order valence-corrected chi connectivity index (χ3v) is 6.95. The second kappa shape index (κ2) is 6.70. The molecule has 0 aromatic heterocycles. The van der Waals surface area contributed by atoms with Crippen molar-refractivity contribution in [1.82, 2.24) is 0 Å². The summed E-state index contributed by atoms with van der Waals surface area (Å²) in [5.41, 5.74) is 0. The van der Waals surface area contributed by atoms with Gasteiger partial charge in [0.05, 0.1) is 0 Å². The smallest absolute Gasteiger partial charge is 0.0124 e. The van der Waals surface area contributed by atoms with Gasteiger partial charge in [0.1, 0.15) is 0 Å². The molecule has 0 spiro atoms. The first-order valence-electron chi connectivity index (χ1n) is 6.68. The zero-order valence-corrected chi connectivity index (χ0v) is 14.0. The Kier molecular flexibility index (Phi) is 4.70. The van der Waals surface area contributed by atoms with Crippen molar-refractivity contribution in [1.29, 1.82) is 0 Å². The van der Waals surface area contributed by atoms with Crippen LogP contribution in [0.15, 0.2) is 88.7 Å². The molecule has 3 aromatic rings. The fraction of sp³-hybridized carbons (Fsp3) is 0. The van der Waals surface area contributed by atoms with Crippen molar-refractivity contribution < 1.29 is 0 Å². The Labute approximate surface area is 137 Å². The van der Waals surface area contributed by atoms with Crippen molar-refractivity contribution in [2.24, 2.45) is 0 Å². The summed E-state index contributed by atoms with van der Waals surface area (Å²) in [5, 5.41) is 3.85. The van der Waals surface area contributed by atoms with Crippen LogP contribution in [0, 0.1) is 0 Å². The van der Waals surface area contributed by atoms with E-state index >= 15 is 0 Å². The van der Waals surface area contributed by atoms with Crippen LogP contribution < -0.4 is 15.9 Å². The normalized spacial score (nSPS) is 10.8. The van der Waals surface area contributed by atoms with Crippen LogP contribution in [0.4, 0.5) is 0 Å². The van der Waals surface area contributed by atoms with E-state index in [2.05, 4.69) is 92.0 Å². The third-order valence-electron chi connectivity index (χ3n) is 3.26. The van der Waals surface area contributed by atoms with Crippen LogP contribution in [0.2, 0.25) is 0 Å². The van der Waals surface area contributed by atoms with Gasteiger partial charge in [0, 0.05) is 9.79 Å². The number of rotatable bonds is 3. The summed E-state index contributed by atoms with van der Waals surface area (Å²) in [5.74, 6) is 0. The first kappa shape index (κ1) is 14.7. The van der Waals surface area contributed by atoms with Gasteiger partial charge in [-0.3, -0.25) is 0 Å². The first-order chi connectivity index (χ1) is 10.3. The van der Waals surface area contributed by atoms with E-state index in [0.717, 1.165) is 9.79 Å². The van der Waals surface area contributed by atoms with E-state index in [1.54, 1.807) is 0 Å². The molecule has 0 radical (unpaired) electrons. The standard InChI is InChI=1S/C18H15PS2/c20-17-12-6-4-10-15(17)19(14-8-2-1-3-9-14)16-11-5-7-13-18(16)21/h1-13,20-21H. The molecule has 0 aliphatic rings. The molecule has 0 aliphatic heterocycles. The lowest BCUT2D eigenvalue weighted by molar-refractivity contribution is 1.52. The minimum Gasteiger partial charge on any atom is -0.143 e. The molecule has 3 aromatic carbocycles. The monoisotopic (exact) mass is 326 g/mol. The van der Waals surface area contributed by atoms with Gasteiger partial charge >= 0.3 is 0 Å². The van der Waals surface area contributed by atoms with Gasteiger partial charge in [-0.05, 0) is 36.0 Å². The fourth-order valence-electron chi connectivity index (χ4n) is 2.29. The Morgan fingerprint density at radius 1 is 0.524 bits per heavy atom. The molecule has 0 nitrogen and oxygen atoms in total. The van der Waals surface area contributed by atoms with Crippen LogP contribution in [-0.2, 0) is 0 Å². The summed E-state index contributed by atoms with van der Waals surface area (Å²) in [4.78, 5) is 2.06. The van der Waals surface area contributed by atoms with Crippen molar-refractivity contribution >= 4 is 49.1 Å². The maximum atomic E-state index is 4.66. The summed E-state index contributed by atoms with van der Waals surface area (Å²) in [6.07, 6.45) is 0. The summed E-state index contributed by atoms with van der Waals surface area (Å²) in [6, 6.07) is 27.3.